The van der Waals surface area contributed by atoms with Gasteiger partial charge in [-0.05, 0) is 26.0 Å². The Labute approximate surface area is 135 Å². The maximum Gasteiger partial charge on any atom is 0.191 e. The second-order valence-corrected chi connectivity index (χ2v) is 6.19. The van der Waals surface area contributed by atoms with E-state index in [-0.39, 0.29) is 0 Å². The molecule has 0 aromatic carbocycles. The summed E-state index contributed by atoms with van der Waals surface area (Å²) in [5.41, 5.74) is 1.09. The van der Waals surface area contributed by atoms with Crippen molar-refractivity contribution in [2.75, 3.05) is 19.6 Å². The fourth-order valence-corrected chi connectivity index (χ4v) is 2.75. The lowest BCUT2D eigenvalue weighted by Crippen LogP contribution is -2.38. The predicted octanol–water partition coefficient (Wildman–Crippen LogP) is 2.19. The summed E-state index contributed by atoms with van der Waals surface area (Å²) in [6.07, 6.45) is 5.51. The molecule has 118 valence electrons. The molecule has 6 heteroatoms. The third-order valence-electron chi connectivity index (χ3n) is 3.01. The average molecular weight is 317 g/mol. The van der Waals surface area contributed by atoms with Gasteiger partial charge in [-0.3, -0.25) is 9.98 Å². The number of aromatic nitrogens is 2. The zero-order valence-corrected chi connectivity index (χ0v) is 14.0. The van der Waals surface area contributed by atoms with Crippen LogP contribution in [0, 0.1) is 6.92 Å². The quantitative estimate of drug-likeness (QED) is 0.607. The number of thiazole rings is 1. The largest absolute Gasteiger partial charge is 0.357 e. The standard InChI is InChI=1S/C16H23N5S/c1-3-17-16(19-10-7-14-6-4-5-9-18-14)20-11-8-15-21-12-13(2)22-15/h4-6,9,12H,3,7-8,10-11H2,1-2H3,(H2,17,19,20). The van der Waals surface area contributed by atoms with Crippen LogP contribution in [-0.2, 0) is 12.8 Å². The Hall–Kier alpha value is -1.95. The average Bonchev–Trinajstić information content (AvgIpc) is 2.94. The number of nitrogens with zero attached hydrogens (tertiary/aromatic N) is 3. The molecule has 0 amide bonds. The van der Waals surface area contributed by atoms with E-state index in [1.165, 1.54) is 4.88 Å². The van der Waals surface area contributed by atoms with Crippen LogP contribution in [0.15, 0.2) is 35.6 Å². The molecule has 0 saturated heterocycles. The number of aryl methyl sites for hydroxylation is 1. The van der Waals surface area contributed by atoms with E-state index < -0.39 is 0 Å². The molecule has 2 N–H and O–H groups in total. The molecule has 0 saturated carbocycles. The molecule has 5 nitrogen and oxygen atoms in total. The van der Waals surface area contributed by atoms with Crippen molar-refractivity contribution in [3.05, 3.63) is 46.2 Å². The van der Waals surface area contributed by atoms with Crippen molar-refractivity contribution < 1.29 is 0 Å². The van der Waals surface area contributed by atoms with E-state index in [4.69, 9.17) is 0 Å². The minimum Gasteiger partial charge on any atom is -0.357 e. The molecule has 2 aromatic rings. The van der Waals surface area contributed by atoms with Crippen molar-refractivity contribution in [3.63, 3.8) is 0 Å². The van der Waals surface area contributed by atoms with Gasteiger partial charge in [0.15, 0.2) is 5.96 Å². The van der Waals surface area contributed by atoms with Gasteiger partial charge in [-0.2, -0.15) is 0 Å². The minimum atomic E-state index is 0.742. The number of rotatable bonds is 7. The summed E-state index contributed by atoms with van der Waals surface area (Å²) in [6.45, 7) is 6.56. The molecule has 0 spiro atoms. The predicted molar refractivity (Wildman–Crippen MR) is 92.5 cm³/mol. The van der Waals surface area contributed by atoms with E-state index in [1.54, 1.807) is 11.3 Å². The van der Waals surface area contributed by atoms with Crippen molar-refractivity contribution in [2.24, 2.45) is 4.99 Å². The van der Waals surface area contributed by atoms with Crippen molar-refractivity contribution in [3.8, 4) is 0 Å². The summed E-state index contributed by atoms with van der Waals surface area (Å²) >= 11 is 1.74. The van der Waals surface area contributed by atoms with Gasteiger partial charge >= 0.3 is 0 Å². The Morgan fingerprint density at radius 3 is 2.82 bits per heavy atom. The van der Waals surface area contributed by atoms with Gasteiger partial charge in [-0.15, -0.1) is 11.3 Å². The van der Waals surface area contributed by atoms with Gasteiger partial charge in [0.2, 0.25) is 0 Å². The van der Waals surface area contributed by atoms with E-state index in [9.17, 15) is 0 Å². The van der Waals surface area contributed by atoms with Crippen LogP contribution < -0.4 is 10.6 Å². The Morgan fingerprint density at radius 2 is 2.14 bits per heavy atom. The van der Waals surface area contributed by atoms with Gasteiger partial charge in [0.25, 0.3) is 0 Å². The maximum absolute atomic E-state index is 4.59. The number of pyridine rings is 1. The lowest BCUT2D eigenvalue weighted by molar-refractivity contribution is 0.785. The van der Waals surface area contributed by atoms with Crippen molar-refractivity contribution in [1.29, 1.82) is 0 Å². The maximum atomic E-state index is 4.59. The smallest absolute Gasteiger partial charge is 0.191 e. The Kier molecular flexibility index (Phi) is 6.83. The zero-order valence-electron chi connectivity index (χ0n) is 13.2. The van der Waals surface area contributed by atoms with Crippen molar-refractivity contribution in [2.45, 2.75) is 26.7 Å². The Balaban J connectivity index is 1.77. The molecule has 0 radical (unpaired) electrons. The first-order chi connectivity index (χ1) is 10.8. The summed E-state index contributed by atoms with van der Waals surface area (Å²) < 4.78 is 0. The summed E-state index contributed by atoms with van der Waals surface area (Å²) in [4.78, 5) is 14.5. The van der Waals surface area contributed by atoms with Crippen LogP contribution in [0.4, 0.5) is 0 Å². The molecule has 22 heavy (non-hydrogen) atoms. The second-order valence-electron chi connectivity index (χ2n) is 4.87. The third-order valence-corrected chi connectivity index (χ3v) is 3.98. The summed E-state index contributed by atoms with van der Waals surface area (Å²) in [5.74, 6) is 0.853. The van der Waals surface area contributed by atoms with Crippen LogP contribution in [0.2, 0.25) is 0 Å². The monoisotopic (exact) mass is 317 g/mol. The lowest BCUT2D eigenvalue weighted by atomic mass is 10.3. The molecular weight excluding hydrogens is 294 g/mol. The van der Waals surface area contributed by atoms with Gasteiger partial charge in [0.05, 0.1) is 5.01 Å². The van der Waals surface area contributed by atoms with E-state index in [0.29, 0.717) is 0 Å². The number of hydrogen-bond acceptors (Lipinski definition) is 4. The van der Waals surface area contributed by atoms with Crippen LogP contribution >= 0.6 is 11.3 Å². The highest BCUT2D eigenvalue weighted by Crippen LogP contribution is 2.11. The fraction of sp³-hybridized carbons (Fsp3) is 0.438. The Bertz CT molecular complexity index is 579. The van der Waals surface area contributed by atoms with E-state index in [2.05, 4.69) is 39.4 Å². The fourth-order valence-electron chi connectivity index (χ4n) is 1.98. The van der Waals surface area contributed by atoms with Crippen LogP contribution in [0.5, 0.6) is 0 Å². The highest BCUT2D eigenvalue weighted by molar-refractivity contribution is 7.11. The van der Waals surface area contributed by atoms with Gasteiger partial charge in [-0.1, -0.05) is 6.07 Å². The highest BCUT2D eigenvalue weighted by Gasteiger charge is 2.00. The number of nitrogens with one attached hydrogen (secondary N) is 2. The normalized spacial score (nSPS) is 11.5. The molecule has 0 atom stereocenters. The first-order valence-corrected chi connectivity index (χ1v) is 8.43. The van der Waals surface area contributed by atoms with E-state index >= 15 is 0 Å². The lowest BCUT2D eigenvalue weighted by Gasteiger charge is -2.10. The molecule has 0 unspecified atom stereocenters. The van der Waals surface area contributed by atoms with E-state index in [0.717, 1.165) is 49.1 Å². The molecule has 0 aliphatic heterocycles. The molecular formula is C16H23N5S. The molecule has 0 fully saturated rings. The number of aliphatic imine (C=N–C) groups is 1. The van der Waals surface area contributed by atoms with Crippen LogP contribution in [0.3, 0.4) is 0 Å². The number of guanidine groups is 1. The molecule has 0 aliphatic carbocycles. The first-order valence-electron chi connectivity index (χ1n) is 7.61. The van der Waals surface area contributed by atoms with Gasteiger partial charge in [0.1, 0.15) is 0 Å². The third kappa shape index (κ3) is 5.81. The molecule has 2 heterocycles. The first kappa shape index (κ1) is 16.4. The highest BCUT2D eigenvalue weighted by atomic mass is 32.1. The molecule has 0 bridgehead atoms. The summed E-state index contributed by atoms with van der Waals surface area (Å²) in [7, 11) is 0. The Morgan fingerprint density at radius 1 is 1.23 bits per heavy atom. The van der Waals surface area contributed by atoms with Gasteiger partial charge in [-0.25, -0.2) is 4.98 Å². The van der Waals surface area contributed by atoms with Crippen LogP contribution in [0.25, 0.3) is 0 Å². The second kappa shape index (κ2) is 9.15. The van der Waals surface area contributed by atoms with Crippen molar-refractivity contribution >= 4 is 17.3 Å². The molecule has 2 aromatic heterocycles. The minimum absolute atomic E-state index is 0.742. The van der Waals surface area contributed by atoms with E-state index in [1.807, 2.05) is 30.6 Å². The summed E-state index contributed by atoms with van der Waals surface area (Å²) in [6, 6.07) is 5.98. The summed E-state index contributed by atoms with van der Waals surface area (Å²) in [5, 5.41) is 7.75. The van der Waals surface area contributed by atoms with Gasteiger partial charge < -0.3 is 10.6 Å². The molecule has 2 rings (SSSR count). The van der Waals surface area contributed by atoms with Crippen molar-refractivity contribution in [1.82, 2.24) is 20.6 Å². The molecule has 0 aliphatic rings. The van der Waals surface area contributed by atoms with Crippen LogP contribution in [0.1, 0.15) is 22.5 Å². The van der Waals surface area contributed by atoms with Crippen LogP contribution in [-0.4, -0.2) is 35.6 Å². The SMILES string of the molecule is CCNC(=NCCc1ncc(C)s1)NCCc1ccccn1. The van der Waals surface area contributed by atoms with Gasteiger partial charge in [0, 0.05) is 55.4 Å². The number of hydrogen-bond donors (Lipinski definition) is 2. The zero-order chi connectivity index (χ0) is 15.6. The topological polar surface area (TPSA) is 62.2 Å².